The Kier molecular flexibility index (Phi) is 6.51. The van der Waals surface area contributed by atoms with E-state index in [9.17, 15) is 0 Å². The average Bonchev–Trinajstić information content (AvgIpc) is 3.13. The van der Waals surface area contributed by atoms with Crippen molar-refractivity contribution in [2.24, 2.45) is 16.8 Å². The minimum Gasteiger partial charge on any atom is -0.381 e. The molecule has 1 N–H and O–H groups in total. The summed E-state index contributed by atoms with van der Waals surface area (Å²) in [4.78, 5) is 8.07. The van der Waals surface area contributed by atoms with Gasteiger partial charge in [0.1, 0.15) is 0 Å². The Bertz CT molecular complexity index is 427. The van der Waals surface area contributed by atoms with Crippen LogP contribution in [0.4, 0.5) is 0 Å². The number of guanidine groups is 1. The molecule has 0 spiro atoms. The molecule has 0 aliphatic carbocycles. The Morgan fingerprint density at radius 1 is 1.62 bits per heavy atom. The first-order valence-corrected chi connectivity index (χ1v) is 8.59. The number of nitrogens with zero attached hydrogens (tertiary/aromatic N) is 2. The third-order valence-corrected chi connectivity index (χ3v) is 4.77. The molecule has 1 saturated heterocycles. The van der Waals surface area contributed by atoms with Crippen LogP contribution in [-0.2, 0) is 11.2 Å². The number of aliphatic imine (C=N–C) groups is 1. The molecule has 21 heavy (non-hydrogen) atoms. The smallest absolute Gasteiger partial charge is 0.193 e. The van der Waals surface area contributed by atoms with Crippen LogP contribution in [0.1, 0.15) is 18.2 Å². The van der Waals surface area contributed by atoms with Gasteiger partial charge in [-0.1, -0.05) is 13.0 Å². The van der Waals surface area contributed by atoms with Crippen LogP contribution < -0.4 is 5.32 Å². The minimum absolute atomic E-state index is 0.601. The van der Waals surface area contributed by atoms with Crippen molar-refractivity contribution >= 4 is 17.3 Å². The van der Waals surface area contributed by atoms with Gasteiger partial charge in [0, 0.05) is 44.6 Å². The lowest BCUT2D eigenvalue weighted by Gasteiger charge is -2.25. The first-order valence-electron chi connectivity index (χ1n) is 7.71. The van der Waals surface area contributed by atoms with Crippen molar-refractivity contribution in [3.05, 3.63) is 22.4 Å². The predicted octanol–water partition coefficient (Wildman–Crippen LogP) is 2.47. The van der Waals surface area contributed by atoms with Crippen LogP contribution in [0.3, 0.4) is 0 Å². The molecule has 1 fully saturated rings. The highest BCUT2D eigenvalue weighted by Crippen LogP contribution is 2.15. The molecule has 5 heteroatoms. The Morgan fingerprint density at radius 2 is 2.48 bits per heavy atom. The number of hydrogen-bond acceptors (Lipinski definition) is 3. The van der Waals surface area contributed by atoms with Gasteiger partial charge in [0.15, 0.2) is 5.96 Å². The van der Waals surface area contributed by atoms with E-state index in [4.69, 9.17) is 4.74 Å². The molecule has 0 radical (unpaired) electrons. The van der Waals surface area contributed by atoms with Gasteiger partial charge in [0.25, 0.3) is 0 Å². The maximum atomic E-state index is 5.44. The number of nitrogens with one attached hydrogen (secondary N) is 1. The van der Waals surface area contributed by atoms with Crippen LogP contribution in [0.2, 0.25) is 0 Å². The summed E-state index contributed by atoms with van der Waals surface area (Å²) in [5, 5.41) is 5.64. The highest BCUT2D eigenvalue weighted by Gasteiger charge is 2.19. The van der Waals surface area contributed by atoms with Crippen molar-refractivity contribution in [1.82, 2.24) is 10.2 Å². The number of ether oxygens (including phenoxy) is 1. The summed E-state index contributed by atoms with van der Waals surface area (Å²) < 4.78 is 5.44. The van der Waals surface area contributed by atoms with Crippen molar-refractivity contribution in [1.29, 1.82) is 0 Å². The van der Waals surface area contributed by atoms with Crippen LogP contribution in [0.5, 0.6) is 0 Å². The molecule has 0 amide bonds. The van der Waals surface area contributed by atoms with Crippen LogP contribution >= 0.6 is 11.3 Å². The highest BCUT2D eigenvalue weighted by atomic mass is 32.1. The van der Waals surface area contributed by atoms with Crippen molar-refractivity contribution in [3.63, 3.8) is 0 Å². The fourth-order valence-electron chi connectivity index (χ4n) is 2.70. The summed E-state index contributed by atoms with van der Waals surface area (Å²) in [5.74, 6) is 2.22. The first-order chi connectivity index (χ1) is 10.2. The van der Waals surface area contributed by atoms with E-state index in [1.165, 1.54) is 4.88 Å². The summed E-state index contributed by atoms with van der Waals surface area (Å²) in [6, 6.07) is 4.33. The number of rotatable bonds is 6. The molecule has 4 nitrogen and oxygen atoms in total. The lowest BCUT2D eigenvalue weighted by atomic mass is 10.1. The molecule has 0 aromatic carbocycles. The zero-order chi connectivity index (χ0) is 15.1. The quantitative estimate of drug-likeness (QED) is 0.648. The maximum Gasteiger partial charge on any atom is 0.193 e. The molecule has 2 rings (SSSR count). The van der Waals surface area contributed by atoms with Gasteiger partial charge in [-0.2, -0.15) is 0 Å². The van der Waals surface area contributed by atoms with Crippen molar-refractivity contribution in [2.45, 2.75) is 19.8 Å². The van der Waals surface area contributed by atoms with E-state index in [0.29, 0.717) is 11.8 Å². The molecule has 1 aliphatic rings. The van der Waals surface area contributed by atoms with Gasteiger partial charge in [-0.3, -0.25) is 4.99 Å². The Balaban J connectivity index is 1.73. The highest BCUT2D eigenvalue weighted by molar-refractivity contribution is 7.09. The zero-order valence-electron chi connectivity index (χ0n) is 13.3. The van der Waals surface area contributed by atoms with Gasteiger partial charge in [-0.15, -0.1) is 11.3 Å². The van der Waals surface area contributed by atoms with E-state index in [1.807, 2.05) is 18.4 Å². The van der Waals surface area contributed by atoms with Crippen molar-refractivity contribution in [3.8, 4) is 0 Å². The number of thiophene rings is 1. The zero-order valence-corrected chi connectivity index (χ0v) is 14.2. The fraction of sp³-hybridized carbons (Fsp3) is 0.688. The second-order valence-electron chi connectivity index (χ2n) is 5.93. The minimum atomic E-state index is 0.601. The average molecular weight is 309 g/mol. The molecular weight excluding hydrogens is 282 g/mol. The van der Waals surface area contributed by atoms with Crippen LogP contribution in [-0.4, -0.2) is 51.3 Å². The standard InChI is InChI=1S/C16H27N3OS/c1-13(9-15-5-4-8-21-15)10-18-16(17-2)19(3)11-14-6-7-20-12-14/h4-5,8,13-14H,6-7,9-12H2,1-3H3,(H,17,18). The Morgan fingerprint density at radius 3 is 3.10 bits per heavy atom. The molecule has 2 unspecified atom stereocenters. The van der Waals surface area contributed by atoms with Crippen LogP contribution in [0.15, 0.2) is 22.5 Å². The molecule has 0 bridgehead atoms. The number of hydrogen-bond donors (Lipinski definition) is 1. The topological polar surface area (TPSA) is 36.9 Å². The summed E-state index contributed by atoms with van der Waals surface area (Å²) in [6.45, 7) is 6.04. The third kappa shape index (κ3) is 5.32. The SMILES string of the molecule is CN=C(NCC(C)Cc1cccs1)N(C)CC1CCOC1. The summed E-state index contributed by atoms with van der Waals surface area (Å²) in [6.07, 6.45) is 2.29. The largest absolute Gasteiger partial charge is 0.381 e. The fourth-order valence-corrected chi connectivity index (χ4v) is 3.57. The van der Waals surface area contributed by atoms with Crippen LogP contribution in [0.25, 0.3) is 0 Å². The predicted molar refractivity (Wildman–Crippen MR) is 90.1 cm³/mol. The van der Waals surface area contributed by atoms with E-state index in [1.54, 1.807) is 0 Å². The monoisotopic (exact) mass is 309 g/mol. The van der Waals surface area contributed by atoms with Crippen LogP contribution in [0, 0.1) is 11.8 Å². The lowest BCUT2D eigenvalue weighted by Crippen LogP contribution is -2.43. The molecule has 1 aliphatic heterocycles. The maximum absolute atomic E-state index is 5.44. The van der Waals surface area contributed by atoms with Crippen molar-refractivity contribution in [2.75, 3.05) is 40.4 Å². The van der Waals surface area contributed by atoms with E-state index in [-0.39, 0.29) is 0 Å². The van der Waals surface area contributed by atoms with Gasteiger partial charge < -0.3 is 15.0 Å². The Labute approximate surface area is 132 Å². The second-order valence-corrected chi connectivity index (χ2v) is 6.96. The van der Waals surface area contributed by atoms with E-state index >= 15 is 0 Å². The summed E-state index contributed by atoms with van der Waals surface area (Å²) in [5.41, 5.74) is 0. The van der Waals surface area contributed by atoms with Gasteiger partial charge in [-0.05, 0) is 30.2 Å². The van der Waals surface area contributed by atoms with E-state index in [2.05, 4.69) is 46.7 Å². The second kappa shape index (κ2) is 8.39. The molecular formula is C16H27N3OS. The molecule has 1 aromatic rings. The first kappa shape index (κ1) is 16.3. The van der Waals surface area contributed by atoms with Gasteiger partial charge >= 0.3 is 0 Å². The molecule has 118 valence electrons. The van der Waals surface area contributed by atoms with Gasteiger partial charge in [-0.25, -0.2) is 0 Å². The van der Waals surface area contributed by atoms with E-state index < -0.39 is 0 Å². The molecule has 0 saturated carbocycles. The lowest BCUT2D eigenvalue weighted by molar-refractivity contribution is 0.181. The molecule has 2 heterocycles. The summed E-state index contributed by atoms with van der Waals surface area (Å²) >= 11 is 1.84. The van der Waals surface area contributed by atoms with E-state index in [0.717, 1.165) is 45.1 Å². The molecule has 2 atom stereocenters. The van der Waals surface area contributed by atoms with Gasteiger partial charge in [0.05, 0.1) is 6.61 Å². The van der Waals surface area contributed by atoms with Crippen molar-refractivity contribution < 1.29 is 4.74 Å². The summed E-state index contributed by atoms with van der Waals surface area (Å²) in [7, 11) is 3.96. The third-order valence-electron chi connectivity index (χ3n) is 3.87. The van der Waals surface area contributed by atoms with Gasteiger partial charge in [0.2, 0.25) is 0 Å². The normalized spacial score (nSPS) is 20.5. The Hall–Kier alpha value is -1.07. The molecule has 1 aromatic heterocycles.